The van der Waals surface area contributed by atoms with Crippen molar-refractivity contribution in [2.24, 2.45) is 11.8 Å². The molecule has 0 bridgehead atoms. The van der Waals surface area contributed by atoms with Crippen molar-refractivity contribution in [3.05, 3.63) is 30.3 Å². The van der Waals surface area contributed by atoms with Gasteiger partial charge in [-0.3, -0.25) is 9.59 Å². The number of para-hydroxylation sites is 1. The van der Waals surface area contributed by atoms with Gasteiger partial charge >= 0.3 is 5.97 Å². The lowest BCUT2D eigenvalue weighted by atomic mass is 9.92. The number of hydrogen-bond donors (Lipinski definition) is 0. The number of benzene rings is 1. The van der Waals surface area contributed by atoms with Crippen molar-refractivity contribution in [1.29, 1.82) is 0 Å². The first-order valence-corrected chi connectivity index (χ1v) is 7.93. The van der Waals surface area contributed by atoms with Crippen LogP contribution in [0.15, 0.2) is 30.3 Å². The molecule has 2 unspecified atom stereocenters. The molecule has 0 aliphatic carbocycles. The minimum Gasteiger partial charge on any atom is -0.426 e. The van der Waals surface area contributed by atoms with Gasteiger partial charge in [-0.2, -0.15) is 0 Å². The molecule has 2 atom stereocenters. The number of ether oxygens (including phenoxy) is 1. The molecule has 22 heavy (non-hydrogen) atoms. The molecule has 0 N–H and O–H groups in total. The molecule has 0 fully saturated rings. The molecular formula is C18H29NO3. The molecule has 1 amide bonds. The highest BCUT2D eigenvalue weighted by molar-refractivity contribution is 5.80. The third-order valence-electron chi connectivity index (χ3n) is 3.28. The quantitative estimate of drug-likeness (QED) is 0.594. The van der Waals surface area contributed by atoms with Gasteiger partial charge in [-0.1, -0.05) is 45.9 Å². The molecule has 1 aromatic carbocycles. The van der Waals surface area contributed by atoms with Gasteiger partial charge < -0.3 is 9.64 Å². The van der Waals surface area contributed by atoms with Crippen molar-refractivity contribution < 1.29 is 14.3 Å². The van der Waals surface area contributed by atoms with Crippen LogP contribution < -0.4 is 4.74 Å². The molecule has 1 rings (SSSR count). The van der Waals surface area contributed by atoms with Crippen molar-refractivity contribution in [2.75, 3.05) is 14.1 Å². The van der Waals surface area contributed by atoms with Gasteiger partial charge in [-0.05, 0) is 25.0 Å². The lowest BCUT2D eigenvalue weighted by Gasteiger charge is -2.21. The lowest BCUT2D eigenvalue weighted by Crippen LogP contribution is -2.32. The molecule has 124 valence electrons. The van der Waals surface area contributed by atoms with Crippen LogP contribution >= 0.6 is 0 Å². The van der Waals surface area contributed by atoms with Crippen molar-refractivity contribution in [2.45, 2.75) is 40.5 Å². The van der Waals surface area contributed by atoms with Gasteiger partial charge in [0.2, 0.25) is 5.91 Å². The summed E-state index contributed by atoms with van der Waals surface area (Å²) in [6, 6.07) is 8.98. The van der Waals surface area contributed by atoms with Gasteiger partial charge in [0.1, 0.15) is 5.75 Å². The molecule has 0 aromatic heterocycles. The predicted octanol–water partition coefficient (Wildman–Crippen LogP) is 3.76. The van der Waals surface area contributed by atoms with Crippen LogP contribution in [0.4, 0.5) is 0 Å². The summed E-state index contributed by atoms with van der Waals surface area (Å²) < 4.78 is 5.30. The van der Waals surface area contributed by atoms with E-state index in [0.717, 1.165) is 6.42 Å². The topological polar surface area (TPSA) is 46.6 Å². The fourth-order valence-corrected chi connectivity index (χ4v) is 2.04. The summed E-state index contributed by atoms with van der Waals surface area (Å²) in [6.07, 6.45) is 1.24. The normalized spacial score (nSPS) is 12.5. The summed E-state index contributed by atoms with van der Waals surface area (Å²) in [5, 5.41) is 0. The van der Waals surface area contributed by atoms with Crippen molar-refractivity contribution in [1.82, 2.24) is 4.90 Å². The molecule has 0 aliphatic heterocycles. The summed E-state index contributed by atoms with van der Waals surface area (Å²) in [4.78, 5) is 25.5. The predicted molar refractivity (Wildman–Crippen MR) is 89.7 cm³/mol. The van der Waals surface area contributed by atoms with Crippen molar-refractivity contribution in [3.63, 3.8) is 0 Å². The number of carbonyl (C=O) groups excluding carboxylic acids is 2. The monoisotopic (exact) mass is 307 g/mol. The van der Waals surface area contributed by atoms with E-state index < -0.39 is 0 Å². The first-order valence-electron chi connectivity index (χ1n) is 7.93. The van der Waals surface area contributed by atoms with Crippen LogP contribution in [-0.4, -0.2) is 30.9 Å². The van der Waals surface area contributed by atoms with E-state index in [1.807, 2.05) is 39.0 Å². The highest BCUT2D eigenvalue weighted by atomic mass is 16.5. The lowest BCUT2D eigenvalue weighted by molar-refractivity contribution is -0.140. The van der Waals surface area contributed by atoms with Gasteiger partial charge in [-0.15, -0.1) is 0 Å². The van der Waals surface area contributed by atoms with E-state index in [9.17, 15) is 9.59 Å². The summed E-state index contributed by atoms with van der Waals surface area (Å²) in [5.41, 5.74) is 0. The average molecular weight is 307 g/mol. The molecule has 4 nitrogen and oxygen atoms in total. The third-order valence-corrected chi connectivity index (χ3v) is 3.28. The van der Waals surface area contributed by atoms with Crippen LogP contribution in [0.1, 0.15) is 40.5 Å². The van der Waals surface area contributed by atoms with Crippen LogP contribution in [0, 0.1) is 11.8 Å². The SMILES string of the molecule is CC.CCC(CC(C)C(=O)Oc1ccccc1)C(=O)N(C)C. The molecule has 0 heterocycles. The van der Waals surface area contributed by atoms with E-state index >= 15 is 0 Å². The maximum atomic E-state index is 12.0. The number of hydrogen-bond acceptors (Lipinski definition) is 3. The van der Waals surface area contributed by atoms with Crippen LogP contribution in [0.3, 0.4) is 0 Å². The Morgan fingerprint density at radius 3 is 2.14 bits per heavy atom. The van der Waals surface area contributed by atoms with E-state index in [1.54, 1.807) is 38.1 Å². The zero-order chi connectivity index (χ0) is 17.1. The van der Waals surface area contributed by atoms with Crippen LogP contribution in [-0.2, 0) is 9.59 Å². The first-order chi connectivity index (χ1) is 10.5. The summed E-state index contributed by atoms with van der Waals surface area (Å²) in [6.45, 7) is 7.76. The van der Waals surface area contributed by atoms with Crippen molar-refractivity contribution in [3.8, 4) is 5.75 Å². The average Bonchev–Trinajstić information content (AvgIpc) is 2.54. The van der Waals surface area contributed by atoms with Gasteiger partial charge in [0.05, 0.1) is 5.92 Å². The highest BCUT2D eigenvalue weighted by Gasteiger charge is 2.25. The Balaban J connectivity index is 0.00000211. The second kappa shape index (κ2) is 10.8. The van der Waals surface area contributed by atoms with E-state index in [2.05, 4.69) is 0 Å². The van der Waals surface area contributed by atoms with E-state index in [-0.39, 0.29) is 23.7 Å². The zero-order valence-electron chi connectivity index (χ0n) is 14.6. The number of rotatable bonds is 6. The van der Waals surface area contributed by atoms with Crippen LogP contribution in [0.25, 0.3) is 0 Å². The Hall–Kier alpha value is -1.84. The standard InChI is InChI=1S/C16H23NO3.C2H6/c1-5-13(15(18)17(3)4)11-12(2)16(19)20-14-9-7-6-8-10-14;1-2/h6-10,12-13H,5,11H2,1-4H3;1-2H3. The number of amides is 1. The largest absolute Gasteiger partial charge is 0.426 e. The molecule has 4 heteroatoms. The van der Waals surface area contributed by atoms with Crippen LogP contribution in [0.2, 0.25) is 0 Å². The maximum absolute atomic E-state index is 12.0. The molecule has 0 radical (unpaired) electrons. The van der Waals surface area contributed by atoms with E-state index in [0.29, 0.717) is 12.2 Å². The molecule has 0 saturated heterocycles. The fourth-order valence-electron chi connectivity index (χ4n) is 2.04. The zero-order valence-corrected chi connectivity index (χ0v) is 14.6. The molecule has 0 saturated carbocycles. The minimum atomic E-state index is -0.302. The molecule has 1 aromatic rings. The summed E-state index contributed by atoms with van der Waals surface area (Å²) in [7, 11) is 3.47. The first kappa shape index (κ1) is 20.2. The molecule has 0 aliphatic rings. The molecule has 0 spiro atoms. The van der Waals surface area contributed by atoms with Gasteiger partial charge in [-0.25, -0.2) is 0 Å². The van der Waals surface area contributed by atoms with Crippen LogP contribution in [0.5, 0.6) is 5.75 Å². The smallest absolute Gasteiger partial charge is 0.314 e. The minimum absolute atomic E-state index is 0.0619. The van der Waals surface area contributed by atoms with E-state index in [1.165, 1.54) is 0 Å². The van der Waals surface area contributed by atoms with E-state index in [4.69, 9.17) is 4.74 Å². The second-order valence-corrected chi connectivity index (χ2v) is 5.21. The Bertz CT molecular complexity index is 443. The Labute approximate surface area is 134 Å². The van der Waals surface area contributed by atoms with Gasteiger partial charge in [0, 0.05) is 20.0 Å². The Kier molecular flexibility index (Phi) is 9.92. The molecular weight excluding hydrogens is 278 g/mol. The van der Waals surface area contributed by atoms with Crippen molar-refractivity contribution >= 4 is 11.9 Å². The summed E-state index contributed by atoms with van der Waals surface area (Å²) in [5.74, 6) is -0.128. The highest BCUT2D eigenvalue weighted by Crippen LogP contribution is 2.20. The summed E-state index contributed by atoms with van der Waals surface area (Å²) >= 11 is 0. The number of nitrogens with zero attached hydrogens (tertiary/aromatic N) is 1. The maximum Gasteiger partial charge on any atom is 0.314 e. The number of carbonyl (C=O) groups is 2. The second-order valence-electron chi connectivity index (χ2n) is 5.21. The fraction of sp³-hybridized carbons (Fsp3) is 0.556. The Morgan fingerprint density at radius 1 is 1.14 bits per heavy atom. The third kappa shape index (κ3) is 6.74. The van der Waals surface area contributed by atoms with Gasteiger partial charge in [0.25, 0.3) is 0 Å². The number of esters is 1. The Morgan fingerprint density at radius 2 is 1.68 bits per heavy atom. The van der Waals surface area contributed by atoms with Gasteiger partial charge in [0.15, 0.2) is 0 Å².